The lowest BCUT2D eigenvalue weighted by Gasteiger charge is -2.35. The second-order valence-corrected chi connectivity index (χ2v) is 5.76. The molecule has 118 valence electrons. The van der Waals surface area contributed by atoms with Crippen LogP contribution in [-0.2, 0) is 9.59 Å². The number of hydrogen-bond acceptors (Lipinski definition) is 4. The number of amides is 2. The molecule has 0 aliphatic carbocycles. The number of anilines is 2. The van der Waals surface area contributed by atoms with Gasteiger partial charge in [-0.1, -0.05) is 19.1 Å². The number of hydrogen-bond donors (Lipinski definition) is 1. The Morgan fingerprint density at radius 2 is 1.82 bits per heavy atom. The quantitative estimate of drug-likeness (QED) is 0.889. The Morgan fingerprint density at radius 1 is 1.14 bits per heavy atom. The van der Waals surface area contributed by atoms with Crippen LogP contribution in [0.25, 0.3) is 0 Å². The van der Waals surface area contributed by atoms with Crippen LogP contribution in [0.5, 0.6) is 0 Å². The number of carbonyl (C=O) groups is 2. The van der Waals surface area contributed by atoms with E-state index in [1.807, 2.05) is 24.3 Å². The molecule has 2 heterocycles. The van der Waals surface area contributed by atoms with Crippen molar-refractivity contribution in [3.63, 3.8) is 0 Å². The van der Waals surface area contributed by atoms with Crippen molar-refractivity contribution in [1.82, 2.24) is 9.80 Å². The number of piperazine rings is 1. The number of fused-ring (bicyclic) bond motifs is 1. The number of nitrogens with zero attached hydrogens (tertiary/aromatic N) is 3. The van der Waals surface area contributed by atoms with Crippen LogP contribution in [0.4, 0.5) is 11.4 Å². The summed E-state index contributed by atoms with van der Waals surface area (Å²) in [5.74, 6) is -0.143. The van der Waals surface area contributed by atoms with Crippen molar-refractivity contribution in [3.8, 4) is 0 Å². The minimum atomic E-state index is -0.136. The number of rotatable bonds is 3. The minimum absolute atomic E-state index is 0.00718. The third-order valence-electron chi connectivity index (χ3n) is 4.34. The fraction of sp³-hybridized carbons (Fsp3) is 0.500. The van der Waals surface area contributed by atoms with Gasteiger partial charge in [0.15, 0.2) is 0 Å². The zero-order chi connectivity index (χ0) is 15.5. The van der Waals surface area contributed by atoms with Gasteiger partial charge in [-0.25, -0.2) is 0 Å². The van der Waals surface area contributed by atoms with Crippen LogP contribution < -0.4 is 10.2 Å². The first kappa shape index (κ1) is 15.0. The monoisotopic (exact) mass is 302 g/mol. The van der Waals surface area contributed by atoms with Crippen LogP contribution >= 0.6 is 0 Å². The third kappa shape index (κ3) is 3.13. The zero-order valence-corrected chi connectivity index (χ0v) is 12.9. The largest absolute Gasteiger partial charge is 0.323 e. The van der Waals surface area contributed by atoms with Crippen molar-refractivity contribution < 1.29 is 9.59 Å². The zero-order valence-electron chi connectivity index (χ0n) is 12.9. The highest BCUT2D eigenvalue weighted by atomic mass is 16.2. The standard InChI is InChI=1S/C16H22N4O2/c1-2-18-7-9-19(10-8-18)12-16(22)20-11-15(21)17-13-5-3-4-6-14(13)20/h3-6H,2,7-12H2,1H3,(H,17,21). The van der Waals surface area contributed by atoms with Gasteiger partial charge in [0.2, 0.25) is 11.8 Å². The summed E-state index contributed by atoms with van der Waals surface area (Å²) in [5, 5.41) is 2.81. The Labute approximate surface area is 130 Å². The predicted molar refractivity (Wildman–Crippen MR) is 86.0 cm³/mol. The fourth-order valence-electron chi connectivity index (χ4n) is 3.00. The number of benzene rings is 1. The molecule has 1 aromatic carbocycles. The molecular formula is C16H22N4O2. The van der Waals surface area contributed by atoms with Crippen LogP contribution in [0.2, 0.25) is 0 Å². The Bertz CT molecular complexity index is 567. The molecule has 22 heavy (non-hydrogen) atoms. The first-order valence-electron chi connectivity index (χ1n) is 7.81. The van der Waals surface area contributed by atoms with Crippen LogP contribution in [0.3, 0.4) is 0 Å². The van der Waals surface area contributed by atoms with E-state index in [9.17, 15) is 9.59 Å². The van der Waals surface area contributed by atoms with E-state index in [4.69, 9.17) is 0 Å². The van der Waals surface area contributed by atoms with Crippen molar-refractivity contribution in [2.24, 2.45) is 0 Å². The maximum absolute atomic E-state index is 12.6. The summed E-state index contributed by atoms with van der Waals surface area (Å²) in [6, 6.07) is 7.45. The molecule has 3 rings (SSSR count). The van der Waals surface area contributed by atoms with Gasteiger partial charge >= 0.3 is 0 Å². The molecule has 1 N–H and O–H groups in total. The smallest absolute Gasteiger partial charge is 0.244 e. The Hall–Kier alpha value is -1.92. The van der Waals surface area contributed by atoms with Gasteiger partial charge in [0.25, 0.3) is 0 Å². The van der Waals surface area contributed by atoms with Crippen LogP contribution in [-0.4, -0.2) is 67.4 Å². The van der Waals surface area contributed by atoms with E-state index in [1.54, 1.807) is 4.90 Å². The number of para-hydroxylation sites is 2. The van der Waals surface area contributed by atoms with Crippen LogP contribution in [0, 0.1) is 0 Å². The van der Waals surface area contributed by atoms with Crippen molar-refractivity contribution in [3.05, 3.63) is 24.3 Å². The summed E-state index contributed by atoms with van der Waals surface area (Å²) < 4.78 is 0. The van der Waals surface area contributed by atoms with Gasteiger partial charge < -0.3 is 10.2 Å². The molecule has 0 radical (unpaired) electrons. The molecule has 6 heteroatoms. The fourth-order valence-corrected chi connectivity index (χ4v) is 3.00. The molecule has 2 aliphatic heterocycles. The highest BCUT2D eigenvalue weighted by Crippen LogP contribution is 2.28. The summed E-state index contributed by atoms with van der Waals surface area (Å²) in [4.78, 5) is 30.6. The van der Waals surface area contributed by atoms with E-state index >= 15 is 0 Å². The number of likely N-dealkylation sites (N-methyl/N-ethyl adjacent to an activating group) is 1. The van der Waals surface area contributed by atoms with Crippen molar-refractivity contribution in [1.29, 1.82) is 0 Å². The topological polar surface area (TPSA) is 55.9 Å². The Kier molecular flexibility index (Phi) is 4.40. The van der Waals surface area contributed by atoms with E-state index in [2.05, 4.69) is 22.0 Å². The lowest BCUT2D eigenvalue weighted by molar-refractivity contribution is -0.123. The molecule has 2 aliphatic rings. The van der Waals surface area contributed by atoms with Gasteiger partial charge in [0, 0.05) is 26.2 Å². The normalized spacial score (nSPS) is 19.7. The van der Waals surface area contributed by atoms with Crippen LogP contribution in [0.1, 0.15) is 6.92 Å². The molecule has 2 amide bonds. The predicted octanol–water partition coefficient (Wildman–Crippen LogP) is 0.609. The van der Waals surface area contributed by atoms with Gasteiger partial charge in [0.1, 0.15) is 6.54 Å². The van der Waals surface area contributed by atoms with Crippen molar-refractivity contribution in [2.75, 3.05) is 56.0 Å². The van der Waals surface area contributed by atoms with Crippen LogP contribution in [0.15, 0.2) is 24.3 Å². The van der Waals surface area contributed by atoms with E-state index in [0.29, 0.717) is 12.2 Å². The summed E-state index contributed by atoms with van der Waals surface area (Å²) >= 11 is 0. The second-order valence-electron chi connectivity index (χ2n) is 5.76. The molecule has 0 atom stereocenters. The van der Waals surface area contributed by atoms with Gasteiger partial charge in [0.05, 0.1) is 17.9 Å². The first-order valence-corrected chi connectivity index (χ1v) is 7.81. The van der Waals surface area contributed by atoms with Crippen molar-refractivity contribution in [2.45, 2.75) is 6.92 Å². The molecule has 0 spiro atoms. The van der Waals surface area contributed by atoms with Gasteiger partial charge in [-0.2, -0.15) is 0 Å². The molecule has 0 saturated carbocycles. The highest BCUT2D eigenvalue weighted by Gasteiger charge is 2.28. The third-order valence-corrected chi connectivity index (χ3v) is 4.34. The SMILES string of the molecule is CCN1CCN(CC(=O)N2CC(=O)Nc3ccccc32)CC1. The number of carbonyl (C=O) groups excluding carboxylic acids is 2. The molecular weight excluding hydrogens is 280 g/mol. The molecule has 1 aromatic rings. The molecule has 0 bridgehead atoms. The minimum Gasteiger partial charge on any atom is -0.323 e. The lowest BCUT2D eigenvalue weighted by Crippen LogP contribution is -2.51. The maximum atomic E-state index is 12.6. The first-order chi connectivity index (χ1) is 10.7. The van der Waals surface area contributed by atoms with E-state index in [-0.39, 0.29) is 18.4 Å². The molecule has 6 nitrogen and oxygen atoms in total. The lowest BCUT2D eigenvalue weighted by atomic mass is 10.2. The average molecular weight is 302 g/mol. The number of nitrogens with one attached hydrogen (secondary N) is 1. The Morgan fingerprint density at radius 3 is 2.55 bits per heavy atom. The van der Waals surface area contributed by atoms with E-state index < -0.39 is 0 Å². The van der Waals surface area contributed by atoms with E-state index in [0.717, 1.165) is 38.4 Å². The second kappa shape index (κ2) is 6.46. The van der Waals surface area contributed by atoms with E-state index in [1.165, 1.54) is 0 Å². The maximum Gasteiger partial charge on any atom is 0.244 e. The summed E-state index contributed by atoms with van der Waals surface area (Å²) in [6.07, 6.45) is 0. The van der Waals surface area contributed by atoms with Gasteiger partial charge in [-0.3, -0.25) is 19.4 Å². The molecule has 0 aromatic heterocycles. The summed E-state index contributed by atoms with van der Waals surface area (Å²) in [6.45, 7) is 7.50. The molecule has 1 saturated heterocycles. The Balaban J connectivity index is 1.67. The summed E-state index contributed by atoms with van der Waals surface area (Å²) in [5.41, 5.74) is 1.50. The summed E-state index contributed by atoms with van der Waals surface area (Å²) in [7, 11) is 0. The average Bonchev–Trinajstić information content (AvgIpc) is 2.54. The van der Waals surface area contributed by atoms with Gasteiger partial charge in [-0.05, 0) is 18.7 Å². The molecule has 0 unspecified atom stereocenters. The van der Waals surface area contributed by atoms with Gasteiger partial charge in [-0.15, -0.1) is 0 Å². The molecule has 1 fully saturated rings. The van der Waals surface area contributed by atoms with Crippen molar-refractivity contribution >= 4 is 23.2 Å². The highest BCUT2D eigenvalue weighted by molar-refractivity contribution is 6.10.